The normalized spacial score (nSPS) is 15.4. The van der Waals surface area contributed by atoms with Crippen molar-refractivity contribution in [1.82, 2.24) is 0 Å². The molecule has 3 aliphatic carbocycles. The molecule has 51 heavy (non-hydrogen) atoms. The molecule has 0 saturated heterocycles. The van der Waals surface area contributed by atoms with E-state index in [0.29, 0.717) is 0 Å². The molecular formula is C49H33NS. The van der Waals surface area contributed by atoms with E-state index in [4.69, 9.17) is 0 Å². The molecular weight excluding hydrogens is 635 g/mol. The van der Waals surface area contributed by atoms with Gasteiger partial charge >= 0.3 is 0 Å². The number of hydrogen-bond donors (Lipinski definition) is 0. The summed E-state index contributed by atoms with van der Waals surface area (Å²) in [5.74, 6) is 0. The summed E-state index contributed by atoms with van der Waals surface area (Å²) in [5.41, 5.74) is 19.3. The number of allylic oxidation sites excluding steroid dienone is 4. The van der Waals surface area contributed by atoms with Gasteiger partial charge in [0.15, 0.2) is 0 Å². The Balaban J connectivity index is 1.18. The number of anilines is 3. The molecule has 0 unspecified atom stereocenters. The average molecular weight is 668 g/mol. The fraction of sp³-hybridized carbons (Fsp3) is 0.0612. The topological polar surface area (TPSA) is 3.24 Å². The minimum atomic E-state index is -0.382. The van der Waals surface area contributed by atoms with Crippen molar-refractivity contribution in [2.24, 2.45) is 0 Å². The molecule has 0 radical (unpaired) electrons. The minimum Gasteiger partial charge on any atom is -0.308 e. The highest BCUT2D eigenvalue weighted by atomic mass is 32.2. The predicted molar refractivity (Wildman–Crippen MR) is 213 cm³/mol. The van der Waals surface area contributed by atoms with Crippen molar-refractivity contribution in [3.05, 3.63) is 204 Å². The second kappa shape index (κ2) is 11.1. The summed E-state index contributed by atoms with van der Waals surface area (Å²) in [7, 11) is 0. The van der Waals surface area contributed by atoms with E-state index in [0.717, 1.165) is 12.8 Å². The summed E-state index contributed by atoms with van der Waals surface area (Å²) in [6.07, 6.45) is 8.93. The zero-order chi connectivity index (χ0) is 33.5. The monoisotopic (exact) mass is 667 g/mol. The minimum absolute atomic E-state index is 0.382. The van der Waals surface area contributed by atoms with E-state index in [9.17, 15) is 0 Å². The lowest BCUT2D eigenvalue weighted by atomic mass is 9.70. The largest absolute Gasteiger partial charge is 0.308 e. The predicted octanol–water partition coefficient (Wildman–Crippen LogP) is 13.4. The van der Waals surface area contributed by atoms with E-state index in [1.165, 1.54) is 93.6 Å². The molecule has 0 atom stereocenters. The van der Waals surface area contributed by atoms with Gasteiger partial charge in [0.05, 0.1) is 22.5 Å². The fourth-order valence-corrected chi connectivity index (χ4v) is 10.4. The summed E-state index contributed by atoms with van der Waals surface area (Å²) in [6.45, 7) is 0. The van der Waals surface area contributed by atoms with Crippen molar-refractivity contribution in [1.29, 1.82) is 0 Å². The van der Waals surface area contributed by atoms with E-state index >= 15 is 0 Å². The van der Waals surface area contributed by atoms with Crippen molar-refractivity contribution in [2.45, 2.75) is 28.0 Å². The summed E-state index contributed by atoms with van der Waals surface area (Å²) < 4.78 is 0. The maximum Gasteiger partial charge on any atom is 0.0726 e. The molecule has 0 saturated carbocycles. The lowest BCUT2D eigenvalue weighted by Gasteiger charge is -2.35. The van der Waals surface area contributed by atoms with Gasteiger partial charge in [-0.3, -0.25) is 0 Å². The van der Waals surface area contributed by atoms with Crippen LogP contribution in [0.1, 0.15) is 40.7 Å². The molecule has 2 heteroatoms. The Bertz CT molecular complexity index is 2580. The van der Waals surface area contributed by atoms with Crippen LogP contribution in [0.15, 0.2) is 186 Å². The molecule has 11 rings (SSSR count). The summed E-state index contributed by atoms with van der Waals surface area (Å²) >= 11 is 1.90. The van der Waals surface area contributed by atoms with Crippen LogP contribution >= 0.6 is 11.8 Å². The standard InChI is InChI=1S/C49H33NS/c1-3-14-32(15-4-1)34-26-28-43-46(30-34)51-47-31-35(33-16-5-2-6-17-33)27-29-44(47)50(43)45-25-13-24-42-48(45)38-20-9-12-23-41(38)49(42)39-21-10-7-18-36(39)37-19-8-11-22-40(37)49/h1-5,7-16,18-31H,6,17H2. The second-order valence-corrected chi connectivity index (χ2v) is 15.0. The van der Waals surface area contributed by atoms with Crippen molar-refractivity contribution < 1.29 is 0 Å². The van der Waals surface area contributed by atoms with Crippen LogP contribution in [0.2, 0.25) is 0 Å². The highest BCUT2D eigenvalue weighted by Crippen LogP contribution is 2.65. The lowest BCUT2D eigenvalue weighted by Crippen LogP contribution is -2.26. The summed E-state index contributed by atoms with van der Waals surface area (Å²) in [4.78, 5) is 5.11. The van der Waals surface area contributed by atoms with Gasteiger partial charge in [0.25, 0.3) is 0 Å². The molecule has 7 aromatic carbocycles. The van der Waals surface area contributed by atoms with Crippen LogP contribution in [0.4, 0.5) is 17.1 Å². The van der Waals surface area contributed by atoms with Crippen molar-refractivity contribution in [2.75, 3.05) is 4.90 Å². The van der Waals surface area contributed by atoms with Crippen molar-refractivity contribution in [3.8, 4) is 33.4 Å². The van der Waals surface area contributed by atoms with Gasteiger partial charge in [-0.15, -0.1) is 0 Å². The van der Waals surface area contributed by atoms with Crippen LogP contribution < -0.4 is 4.90 Å². The van der Waals surface area contributed by atoms with Gasteiger partial charge in [-0.25, -0.2) is 0 Å². The maximum atomic E-state index is 2.55. The van der Waals surface area contributed by atoms with Gasteiger partial charge in [-0.05, 0) is 104 Å². The number of nitrogens with zero attached hydrogens (tertiary/aromatic N) is 1. The van der Waals surface area contributed by atoms with Crippen LogP contribution in [-0.4, -0.2) is 0 Å². The molecule has 1 nitrogen and oxygen atoms in total. The SMILES string of the molecule is C1=CCCC(c2ccc3c(c2)Sc2cc(-c4ccccc4)ccc2N3c2cccc3c2-c2ccccc2C32c3ccccc3-c3ccccc32)=C1. The quantitative estimate of drug-likeness (QED) is 0.184. The van der Waals surface area contributed by atoms with Gasteiger partial charge in [0.1, 0.15) is 0 Å². The maximum absolute atomic E-state index is 2.55. The van der Waals surface area contributed by atoms with Crippen molar-refractivity contribution >= 4 is 34.4 Å². The molecule has 4 aliphatic rings. The second-order valence-electron chi connectivity index (χ2n) is 13.9. The van der Waals surface area contributed by atoms with E-state index in [1.54, 1.807) is 0 Å². The summed E-state index contributed by atoms with van der Waals surface area (Å²) in [6, 6.07) is 59.2. The van der Waals surface area contributed by atoms with Crippen molar-refractivity contribution in [3.63, 3.8) is 0 Å². The van der Waals surface area contributed by atoms with E-state index in [2.05, 4.69) is 181 Å². The number of benzene rings is 7. The highest BCUT2D eigenvalue weighted by Gasteiger charge is 2.52. The first kappa shape index (κ1) is 29.0. The van der Waals surface area contributed by atoms with Gasteiger partial charge in [0, 0.05) is 15.4 Å². The van der Waals surface area contributed by atoms with Gasteiger partial charge in [-0.2, -0.15) is 0 Å². The smallest absolute Gasteiger partial charge is 0.0726 e. The van der Waals surface area contributed by atoms with E-state index in [-0.39, 0.29) is 5.41 Å². The van der Waals surface area contributed by atoms with Crippen LogP contribution in [0.25, 0.3) is 39.0 Å². The Morgan fingerprint density at radius 1 is 0.471 bits per heavy atom. The highest BCUT2D eigenvalue weighted by molar-refractivity contribution is 7.99. The molecule has 240 valence electrons. The Kier molecular flexibility index (Phi) is 6.29. The van der Waals surface area contributed by atoms with Crippen LogP contribution in [-0.2, 0) is 5.41 Å². The molecule has 1 aliphatic heterocycles. The molecule has 7 aromatic rings. The Morgan fingerprint density at radius 2 is 1.06 bits per heavy atom. The Hall–Kier alpha value is -5.83. The molecule has 0 fully saturated rings. The number of rotatable bonds is 3. The fourth-order valence-electron chi connectivity index (χ4n) is 9.23. The van der Waals surface area contributed by atoms with Gasteiger partial charge in [0.2, 0.25) is 0 Å². The number of fused-ring (bicyclic) bond motifs is 12. The van der Waals surface area contributed by atoms with Crippen LogP contribution in [0, 0.1) is 0 Å². The van der Waals surface area contributed by atoms with E-state index in [1.807, 2.05) is 11.8 Å². The molecule has 0 aromatic heterocycles. The molecule has 0 N–H and O–H groups in total. The zero-order valence-corrected chi connectivity index (χ0v) is 28.8. The molecule has 1 spiro atoms. The molecule has 0 amide bonds. The Morgan fingerprint density at radius 3 is 1.75 bits per heavy atom. The molecule has 1 heterocycles. The third-order valence-electron chi connectivity index (χ3n) is 11.4. The third kappa shape index (κ3) is 4.06. The van der Waals surface area contributed by atoms with Gasteiger partial charge < -0.3 is 4.90 Å². The van der Waals surface area contributed by atoms with Gasteiger partial charge in [-0.1, -0.05) is 157 Å². The zero-order valence-electron chi connectivity index (χ0n) is 28.0. The number of hydrogen-bond acceptors (Lipinski definition) is 2. The average Bonchev–Trinajstić information content (AvgIpc) is 3.68. The third-order valence-corrected chi connectivity index (χ3v) is 12.4. The molecule has 0 bridgehead atoms. The van der Waals surface area contributed by atoms with E-state index < -0.39 is 0 Å². The van der Waals surface area contributed by atoms with Crippen LogP contribution in [0.5, 0.6) is 0 Å². The first-order valence-electron chi connectivity index (χ1n) is 17.9. The summed E-state index contributed by atoms with van der Waals surface area (Å²) in [5, 5.41) is 0. The first-order valence-corrected chi connectivity index (χ1v) is 18.7. The van der Waals surface area contributed by atoms with Crippen LogP contribution in [0.3, 0.4) is 0 Å². The Labute approximate surface area is 303 Å². The lowest BCUT2D eigenvalue weighted by molar-refractivity contribution is 0.793. The first-order chi connectivity index (χ1) is 25.3.